The summed E-state index contributed by atoms with van der Waals surface area (Å²) in [5, 5.41) is 9.21. The van der Waals surface area contributed by atoms with Crippen molar-refractivity contribution in [1.29, 1.82) is 0 Å². The van der Waals surface area contributed by atoms with Crippen LogP contribution in [-0.2, 0) is 4.79 Å². The van der Waals surface area contributed by atoms with Gasteiger partial charge in [-0.3, -0.25) is 9.59 Å². The van der Waals surface area contributed by atoms with Crippen LogP contribution in [0.4, 0.5) is 10.1 Å². The number of carboxylic acids is 1. The van der Waals surface area contributed by atoms with Crippen molar-refractivity contribution in [2.45, 2.75) is 13.3 Å². The average Bonchev–Trinajstić information content (AvgIpc) is 2.77. The predicted molar refractivity (Wildman–Crippen MR) is 72.1 cm³/mol. The number of nitrogens with two attached hydrogens (primary N) is 1. The highest BCUT2D eigenvalue weighted by Gasteiger charge is 2.42. The molecule has 1 atom stereocenters. The van der Waals surface area contributed by atoms with Crippen LogP contribution in [0.25, 0.3) is 0 Å². The highest BCUT2D eigenvalue weighted by atomic mass is 35.5. The van der Waals surface area contributed by atoms with Gasteiger partial charge >= 0.3 is 5.97 Å². The van der Waals surface area contributed by atoms with Crippen molar-refractivity contribution in [2.75, 3.05) is 18.8 Å². The summed E-state index contributed by atoms with van der Waals surface area (Å²) in [6, 6.07) is 2.32. The number of hydrogen-bond acceptors (Lipinski definition) is 3. The zero-order valence-corrected chi connectivity index (χ0v) is 11.6. The van der Waals surface area contributed by atoms with Gasteiger partial charge in [0.2, 0.25) is 0 Å². The third-order valence-corrected chi connectivity index (χ3v) is 3.82. The van der Waals surface area contributed by atoms with Crippen LogP contribution in [-0.4, -0.2) is 35.0 Å². The van der Waals surface area contributed by atoms with Crippen LogP contribution in [0.1, 0.15) is 23.7 Å². The largest absolute Gasteiger partial charge is 0.481 e. The Morgan fingerprint density at radius 3 is 2.70 bits per heavy atom. The monoisotopic (exact) mass is 300 g/mol. The smallest absolute Gasteiger partial charge is 0.311 e. The molecule has 0 spiro atoms. The van der Waals surface area contributed by atoms with Crippen LogP contribution >= 0.6 is 11.6 Å². The third-order valence-electron chi connectivity index (χ3n) is 3.60. The van der Waals surface area contributed by atoms with Crippen LogP contribution in [0.3, 0.4) is 0 Å². The molecular weight excluding hydrogens is 287 g/mol. The van der Waals surface area contributed by atoms with E-state index >= 15 is 0 Å². The minimum atomic E-state index is -0.985. The second-order valence-electron chi connectivity index (χ2n) is 5.19. The van der Waals surface area contributed by atoms with Crippen LogP contribution < -0.4 is 5.73 Å². The first-order chi connectivity index (χ1) is 9.24. The van der Waals surface area contributed by atoms with E-state index in [0.717, 1.165) is 6.07 Å². The molecule has 1 saturated heterocycles. The number of likely N-dealkylation sites (tertiary alicyclic amines) is 1. The average molecular weight is 301 g/mol. The molecule has 1 aliphatic heterocycles. The summed E-state index contributed by atoms with van der Waals surface area (Å²) in [4.78, 5) is 24.8. The van der Waals surface area contributed by atoms with Gasteiger partial charge in [0.25, 0.3) is 5.91 Å². The van der Waals surface area contributed by atoms with Crippen molar-refractivity contribution in [3.63, 3.8) is 0 Å². The maximum absolute atomic E-state index is 13.5. The Hall–Kier alpha value is -1.82. The molecule has 1 unspecified atom stereocenters. The zero-order valence-electron chi connectivity index (χ0n) is 10.8. The van der Waals surface area contributed by atoms with E-state index in [1.165, 1.54) is 11.0 Å². The number of nitrogen functional groups attached to an aromatic ring is 1. The number of nitrogens with zero attached hydrogens (tertiary/aromatic N) is 1. The quantitative estimate of drug-likeness (QED) is 0.818. The van der Waals surface area contributed by atoms with E-state index in [4.69, 9.17) is 22.4 Å². The first kappa shape index (κ1) is 14.6. The van der Waals surface area contributed by atoms with Crippen molar-refractivity contribution in [3.8, 4) is 0 Å². The molecule has 1 aromatic rings. The standard InChI is InChI=1S/C13H14ClFN2O3/c1-13(12(19)20)2-3-17(6-13)11(18)8-4-7(14)5-9(15)10(8)16/h4-5H,2-3,6,16H2,1H3,(H,19,20). The number of halogens is 2. The minimum Gasteiger partial charge on any atom is -0.481 e. The van der Waals surface area contributed by atoms with Crippen molar-refractivity contribution in [2.24, 2.45) is 5.41 Å². The maximum atomic E-state index is 13.5. The van der Waals surface area contributed by atoms with Crippen LogP contribution in [0.15, 0.2) is 12.1 Å². The molecule has 1 aliphatic rings. The van der Waals surface area contributed by atoms with E-state index in [2.05, 4.69) is 0 Å². The van der Waals surface area contributed by atoms with Gasteiger partial charge in [0.05, 0.1) is 16.7 Å². The molecular formula is C13H14ClFN2O3. The molecule has 0 radical (unpaired) electrons. The van der Waals surface area contributed by atoms with Gasteiger partial charge in [0.1, 0.15) is 5.82 Å². The lowest BCUT2D eigenvalue weighted by Gasteiger charge is -2.21. The number of amides is 1. The highest BCUT2D eigenvalue weighted by molar-refractivity contribution is 6.31. The second kappa shape index (κ2) is 4.94. The SMILES string of the molecule is CC1(C(=O)O)CCN(C(=O)c2cc(Cl)cc(F)c2N)C1. The first-order valence-corrected chi connectivity index (χ1v) is 6.39. The Balaban J connectivity index is 2.28. The lowest BCUT2D eigenvalue weighted by atomic mass is 9.90. The van der Waals surface area contributed by atoms with E-state index in [0.29, 0.717) is 6.42 Å². The van der Waals surface area contributed by atoms with Crippen molar-refractivity contribution in [1.82, 2.24) is 4.90 Å². The zero-order chi connectivity index (χ0) is 15.1. The number of rotatable bonds is 2. The number of hydrogen-bond donors (Lipinski definition) is 2. The molecule has 7 heteroatoms. The summed E-state index contributed by atoms with van der Waals surface area (Å²) in [6.07, 6.45) is 0.344. The van der Waals surface area contributed by atoms with Gasteiger partial charge in [-0.2, -0.15) is 0 Å². The van der Waals surface area contributed by atoms with Gasteiger partial charge in [-0.15, -0.1) is 0 Å². The molecule has 2 rings (SSSR count). The number of carbonyl (C=O) groups is 2. The lowest BCUT2D eigenvalue weighted by molar-refractivity contribution is -0.147. The highest BCUT2D eigenvalue weighted by Crippen LogP contribution is 2.32. The van der Waals surface area contributed by atoms with Gasteiger partial charge in [-0.05, 0) is 25.5 Å². The second-order valence-corrected chi connectivity index (χ2v) is 5.63. The topological polar surface area (TPSA) is 83.6 Å². The molecule has 20 heavy (non-hydrogen) atoms. The van der Waals surface area contributed by atoms with Gasteiger partial charge in [-0.25, -0.2) is 4.39 Å². The normalized spacial score (nSPS) is 22.1. The summed E-state index contributed by atoms with van der Waals surface area (Å²) in [5.41, 5.74) is 4.25. The summed E-state index contributed by atoms with van der Waals surface area (Å²) >= 11 is 5.72. The Labute approximate surface area is 120 Å². The first-order valence-electron chi connectivity index (χ1n) is 6.02. The molecule has 1 aromatic carbocycles. The van der Waals surface area contributed by atoms with Gasteiger partial charge in [-0.1, -0.05) is 11.6 Å². The third kappa shape index (κ3) is 2.43. The molecule has 0 aromatic heterocycles. The van der Waals surface area contributed by atoms with Gasteiger partial charge in [0.15, 0.2) is 0 Å². The van der Waals surface area contributed by atoms with E-state index in [9.17, 15) is 14.0 Å². The molecule has 3 N–H and O–H groups in total. The molecule has 0 saturated carbocycles. The Morgan fingerprint density at radius 1 is 1.50 bits per heavy atom. The minimum absolute atomic E-state index is 0.0374. The molecule has 108 valence electrons. The molecule has 1 amide bonds. The van der Waals surface area contributed by atoms with E-state index in [1.807, 2.05) is 0 Å². The Morgan fingerprint density at radius 2 is 2.15 bits per heavy atom. The van der Waals surface area contributed by atoms with Crippen LogP contribution in [0, 0.1) is 11.2 Å². The van der Waals surface area contributed by atoms with Crippen LogP contribution in [0.5, 0.6) is 0 Å². The van der Waals surface area contributed by atoms with Crippen LogP contribution in [0.2, 0.25) is 5.02 Å². The fraction of sp³-hybridized carbons (Fsp3) is 0.385. The molecule has 0 aliphatic carbocycles. The van der Waals surface area contributed by atoms with E-state index < -0.39 is 23.1 Å². The maximum Gasteiger partial charge on any atom is 0.311 e. The summed E-state index contributed by atoms with van der Waals surface area (Å²) in [5.74, 6) is -2.23. The number of aliphatic carboxylic acids is 1. The lowest BCUT2D eigenvalue weighted by Crippen LogP contribution is -2.35. The fourth-order valence-electron chi connectivity index (χ4n) is 2.24. The number of carbonyl (C=O) groups excluding carboxylic acids is 1. The Kier molecular flexibility index (Phi) is 3.60. The molecule has 1 fully saturated rings. The van der Waals surface area contributed by atoms with Gasteiger partial charge in [0, 0.05) is 18.1 Å². The van der Waals surface area contributed by atoms with Crippen molar-refractivity contribution >= 4 is 29.2 Å². The Bertz CT molecular complexity index is 593. The molecule has 0 bridgehead atoms. The van der Waals surface area contributed by atoms with E-state index in [1.54, 1.807) is 6.92 Å². The fourth-order valence-corrected chi connectivity index (χ4v) is 2.45. The summed E-state index contributed by atoms with van der Waals surface area (Å²) < 4.78 is 13.5. The van der Waals surface area contributed by atoms with Gasteiger partial charge < -0.3 is 15.7 Å². The van der Waals surface area contributed by atoms with Crippen molar-refractivity contribution < 1.29 is 19.1 Å². The number of benzene rings is 1. The number of anilines is 1. The van der Waals surface area contributed by atoms with E-state index in [-0.39, 0.29) is 29.4 Å². The number of carboxylic acid groups (broad SMARTS) is 1. The summed E-state index contributed by atoms with van der Waals surface area (Å²) in [6.45, 7) is 1.93. The van der Waals surface area contributed by atoms with Crippen molar-refractivity contribution in [3.05, 3.63) is 28.5 Å². The predicted octanol–water partition coefficient (Wildman–Crippen LogP) is 2.00. The molecule has 1 heterocycles. The summed E-state index contributed by atoms with van der Waals surface area (Å²) in [7, 11) is 0. The molecule has 5 nitrogen and oxygen atoms in total.